The summed E-state index contributed by atoms with van der Waals surface area (Å²) in [6.45, 7) is -0.505. The standard InChI is InChI=1S/C22H19FN4O4/c1-27-21-15(10-25-27)20(7-6-16(21)23)31-14-4-2-12(3-5-14)17-8-13(19(29)11-28)9-18(26-17)22(24)30/h2-10,19,28-29H,11H2,1H3,(H2,24,30). The average Bonchev–Trinajstić information content (AvgIpc) is 3.18. The summed E-state index contributed by atoms with van der Waals surface area (Å²) in [7, 11) is 1.65. The minimum Gasteiger partial charge on any atom is -0.457 e. The first kappa shape index (κ1) is 20.5. The van der Waals surface area contributed by atoms with Crippen LogP contribution in [0.2, 0.25) is 0 Å². The molecule has 158 valence electrons. The summed E-state index contributed by atoms with van der Waals surface area (Å²) in [5, 5.41) is 23.8. The Bertz CT molecular complexity index is 1270. The maximum atomic E-state index is 14.1. The number of ether oxygens (including phenoxy) is 1. The molecule has 4 rings (SSSR count). The van der Waals surface area contributed by atoms with Crippen LogP contribution >= 0.6 is 0 Å². The predicted molar refractivity (Wildman–Crippen MR) is 111 cm³/mol. The Morgan fingerprint density at radius 1 is 1.23 bits per heavy atom. The fourth-order valence-electron chi connectivity index (χ4n) is 3.25. The predicted octanol–water partition coefficient (Wildman–Crippen LogP) is 2.69. The summed E-state index contributed by atoms with van der Waals surface area (Å²) in [4.78, 5) is 15.8. The summed E-state index contributed by atoms with van der Waals surface area (Å²) in [6, 6.07) is 12.6. The Hall–Kier alpha value is -3.82. The molecule has 4 aromatic rings. The fourth-order valence-corrected chi connectivity index (χ4v) is 3.25. The molecule has 1 amide bonds. The van der Waals surface area contributed by atoms with Crippen molar-refractivity contribution in [3.63, 3.8) is 0 Å². The molecular formula is C22H19FN4O4. The van der Waals surface area contributed by atoms with Crippen molar-refractivity contribution in [1.82, 2.24) is 14.8 Å². The number of nitrogens with zero attached hydrogens (tertiary/aromatic N) is 3. The summed E-state index contributed by atoms with van der Waals surface area (Å²) >= 11 is 0. The normalized spacial score (nSPS) is 12.1. The van der Waals surface area contributed by atoms with Gasteiger partial charge in [0, 0.05) is 12.6 Å². The largest absolute Gasteiger partial charge is 0.457 e. The second-order valence-corrected chi connectivity index (χ2v) is 6.94. The van der Waals surface area contributed by atoms with E-state index in [0.717, 1.165) is 0 Å². The molecule has 8 nitrogen and oxygen atoms in total. The molecule has 9 heteroatoms. The van der Waals surface area contributed by atoms with Gasteiger partial charge in [-0.1, -0.05) is 0 Å². The van der Waals surface area contributed by atoms with Crippen molar-refractivity contribution >= 4 is 16.8 Å². The molecule has 1 atom stereocenters. The number of aliphatic hydroxyl groups is 2. The van der Waals surface area contributed by atoms with Crippen LogP contribution in [0.25, 0.3) is 22.2 Å². The minimum atomic E-state index is -1.16. The van der Waals surface area contributed by atoms with Crippen molar-refractivity contribution in [2.75, 3.05) is 6.61 Å². The summed E-state index contributed by atoms with van der Waals surface area (Å²) in [6.07, 6.45) is 0.373. The number of rotatable bonds is 6. The topological polar surface area (TPSA) is 123 Å². The van der Waals surface area contributed by atoms with Crippen LogP contribution in [0.15, 0.2) is 54.7 Å². The third-order valence-electron chi connectivity index (χ3n) is 4.85. The van der Waals surface area contributed by atoms with E-state index < -0.39 is 18.6 Å². The lowest BCUT2D eigenvalue weighted by molar-refractivity contribution is 0.0948. The van der Waals surface area contributed by atoms with E-state index in [1.165, 1.54) is 29.1 Å². The number of primary amides is 1. The van der Waals surface area contributed by atoms with E-state index >= 15 is 0 Å². The van der Waals surface area contributed by atoms with Gasteiger partial charge in [0.2, 0.25) is 0 Å². The molecule has 0 aliphatic heterocycles. The molecule has 4 N–H and O–H groups in total. The van der Waals surface area contributed by atoms with Gasteiger partial charge in [-0.3, -0.25) is 9.48 Å². The van der Waals surface area contributed by atoms with Gasteiger partial charge in [-0.25, -0.2) is 9.37 Å². The minimum absolute atomic E-state index is 0.0226. The fraction of sp³-hybridized carbons (Fsp3) is 0.136. The maximum absolute atomic E-state index is 14.1. The lowest BCUT2D eigenvalue weighted by Gasteiger charge is -2.12. The quantitative estimate of drug-likeness (QED) is 0.439. The second kappa shape index (κ2) is 8.13. The maximum Gasteiger partial charge on any atom is 0.267 e. The first-order chi connectivity index (χ1) is 14.9. The van der Waals surface area contributed by atoms with E-state index in [0.29, 0.717) is 39.2 Å². The Kier molecular flexibility index (Phi) is 5.37. The number of amides is 1. The van der Waals surface area contributed by atoms with Gasteiger partial charge in [-0.2, -0.15) is 5.10 Å². The third-order valence-corrected chi connectivity index (χ3v) is 4.85. The van der Waals surface area contributed by atoms with Gasteiger partial charge in [0.05, 0.1) is 23.9 Å². The zero-order valence-electron chi connectivity index (χ0n) is 16.5. The van der Waals surface area contributed by atoms with Crippen LogP contribution in [0.3, 0.4) is 0 Å². The third kappa shape index (κ3) is 3.96. The Morgan fingerprint density at radius 2 is 1.97 bits per heavy atom. The molecule has 0 fully saturated rings. The zero-order valence-corrected chi connectivity index (χ0v) is 16.5. The van der Waals surface area contributed by atoms with E-state index in [2.05, 4.69) is 10.1 Å². The van der Waals surface area contributed by atoms with Crippen molar-refractivity contribution in [3.8, 4) is 22.8 Å². The molecule has 0 aliphatic carbocycles. The molecular weight excluding hydrogens is 403 g/mol. The van der Waals surface area contributed by atoms with Gasteiger partial charge in [-0.15, -0.1) is 0 Å². The molecule has 2 aromatic carbocycles. The highest BCUT2D eigenvalue weighted by molar-refractivity contribution is 5.91. The number of carbonyl (C=O) groups excluding carboxylic acids is 1. The van der Waals surface area contributed by atoms with Crippen molar-refractivity contribution in [1.29, 1.82) is 0 Å². The molecule has 0 aliphatic rings. The van der Waals surface area contributed by atoms with Gasteiger partial charge in [0.1, 0.15) is 34.6 Å². The van der Waals surface area contributed by atoms with Gasteiger partial charge in [0.25, 0.3) is 5.91 Å². The lowest BCUT2D eigenvalue weighted by atomic mass is 10.0. The van der Waals surface area contributed by atoms with Crippen LogP contribution in [-0.4, -0.2) is 37.5 Å². The van der Waals surface area contributed by atoms with Crippen molar-refractivity contribution in [3.05, 3.63) is 71.8 Å². The van der Waals surface area contributed by atoms with Crippen molar-refractivity contribution in [2.24, 2.45) is 12.8 Å². The van der Waals surface area contributed by atoms with Crippen LogP contribution in [-0.2, 0) is 7.05 Å². The summed E-state index contributed by atoms with van der Waals surface area (Å²) in [5.41, 5.74) is 7.04. The number of aryl methyl sites for hydroxylation is 1. The summed E-state index contributed by atoms with van der Waals surface area (Å²) < 4.78 is 21.4. The van der Waals surface area contributed by atoms with Crippen molar-refractivity contribution < 1.29 is 24.1 Å². The van der Waals surface area contributed by atoms with E-state index in [4.69, 9.17) is 10.5 Å². The molecule has 2 heterocycles. The number of hydrogen-bond donors (Lipinski definition) is 3. The number of fused-ring (bicyclic) bond motifs is 1. The van der Waals surface area contributed by atoms with Crippen LogP contribution in [0, 0.1) is 5.82 Å². The molecule has 0 bridgehead atoms. The van der Waals surface area contributed by atoms with E-state index in [-0.39, 0.29) is 11.5 Å². The molecule has 0 saturated heterocycles. The van der Waals surface area contributed by atoms with Crippen LogP contribution in [0.5, 0.6) is 11.5 Å². The van der Waals surface area contributed by atoms with Gasteiger partial charge < -0.3 is 20.7 Å². The number of halogens is 1. The second-order valence-electron chi connectivity index (χ2n) is 6.94. The molecule has 31 heavy (non-hydrogen) atoms. The average molecular weight is 422 g/mol. The highest BCUT2D eigenvalue weighted by Gasteiger charge is 2.15. The summed E-state index contributed by atoms with van der Waals surface area (Å²) in [5.74, 6) is -0.175. The number of nitrogens with two attached hydrogens (primary N) is 1. The number of hydrogen-bond acceptors (Lipinski definition) is 6. The van der Waals surface area contributed by atoms with E-state index in [1.807, 2.05) is 0 Å². The Labute approximate surface area is 176 Å². The highest BCUT2D eigenvalue weighted by Crippen LogP contribution is 2.32. The highest BCUT2D eigenvalue weighted by atomic mass is 19.1. The molecule has 1 unspecified atom stereocenters. The number of aromatic nitrogens is 3. The van der Waals surface area contributed by atoms with Crippen LogP contribution < -0.4 is 10.5 Å². The first-order valence-corrected chi connectivity index (χ1v) is 9.36. The zero-order chi connectivity index (χ0) is 22.1. The van der Waals surface area contributed by atoms with Gasteiger partial charge in [-0.05, 0) is 54.1 Å². The van der Waals surface area contributed by atoms with Crippen LogP contribution in [0.4, 0.5) is 4.39 Å². The number of benzene rings is 2. The number of carbonyl (C=O) groups is 1. The number of pyridine rings is 1. The SMILES string of the molecule is Cn1ncc2c(Oc3ccc(-c4cc(C(O)CO)cc(C(N)=O)n4)cc3)ccc(F)c21. The molecule has 0 saturated carbocycles. The van der Waals surface area contributed by atoms with Crippen LogP contribution in [0.1, 0.15) is 22.2 Å². The monoisotopic (exact) mass is 422 g/mol. The first-order valence-electron chi connectivity index (χ1n) is 9.36. The number of aliphatic hydroxyl groups excluding tert-OH is 2. The molecule has 0 radical (unpaired) electrons. The Morgan fingerprint density at radius 3 is 2.65 bits per heavy atom. The van der Waals surface area contributed by atoms with Gasteiger partial charge >= 0.3 is 0 Å². The smallest absolute Gasteiger partial charge is 0.267 e. The molecule has 0 spiro atoms. The van der Waals surface area contributed by atoms with E-state index in [1.54, 1.807) is 37.4 Å². The molecule has 2 aromatic heterocycles. The van der Waals surface area contributed by atoms with E-state index in [9.17, 15) is 19.4 Å². The van der Waals surface area contributed by atoms with Crippen molar-refractivity contribution in [2.45, 2.75) is 6.10 Å². The lowest BCUT2D eigenvalue weighted by Crippen LogP contribution is -2.15. The van der Waals surface area contributed by atoms with Gasteiger partial charge in [0.15, 0.2) is 0 Å². The Balaban J connectivity index is 1.66.